The lowest BCUT2D eigenvalue weighted by atomic mass is 10.2. The van der Waals surface area contributed by atoms with Gasteiger partial charge in [0.05, 0.1) is 11.4 Å². The summed E-state index contributed by atoms with van der Waals surface area (Å²) in [6.07, 6.45) is 6.36. The maximum absolute atomic E-state index is 12.6. The first-order chi connectivity index (χ1) is 17.7. The minimum atomic E-state index is -0.331. The molecule has 0 aliphatic rings. The maximum atomic E-state index is 12.6. The molecule has 2 amide bonds. The largest absolute Gasteiger partial charge is 0.322 e. The summed E-state index contributed by atoms with van der Waals surface area (Å²) in [5.41, 5.74) is 3.89. The van der Waals surface area contributed by atoms with Crippen LogP contribution in [0.1, 0.15) is 11.1 Å². The summed E-state index contributed by atoms with van der Waals surface area (Å²) in [6.45, 7) is 0. The summed E-state index contributed by atoms with van der Waals surface area (Å²) in [5, 5.41) is 14.2. The molecule has 4 aromatic carbocycles. The van der Waals surface area contributed by atoms with Crippen LogP contribution in [0, 0.1) is 0 Å². The first-order valence-electron chi connectivity index (χ1n) is 11.3. The molecular formula is C30H24N4O2. The van der Waals surface area contributed by atoms with Crippen LogP contribution in [-0.2, 0) is 9.59 Å². The number of amides is 2. The van der Waals surface area contributed by atoms with Crippen molar-refractivity contribution < 1.29 is 9.59 Å². The molecule has 0 unspecified atom stereocenters. The van der Waals surface area contributed by atoms with Gasteiger partial charge in [0.25, 0.3) is 0 Å². The van der Waals surface area contributed by atoms with Gasteiger partial charge in [0.2, 0.25) is 11.8 Å². The highest BCUT2D eigenvalue weighted by Gasteiger charge is 2.08. The number of nitrogens with zero attached hydrogens (tertiary/aromatic N) is 2. The Morgan fingerprint density at radius 2 is 1.11 bits per heavy atom. The van der Waals surface area contributed by atoms with Crippen molar-refractivity contribution in [1.29, 1.82) is 0 Å². The first-order valence-corrected chi connectivity index (χ1v) is 11.3. The van der Waals surface area contributed by atoms with E-state index in [9.17, 15) is 9.59 Å². The topological polar surface area (TPSA) is 82.9 Å². The molecule has 36 heavy (non-hydrogen) atoms. The average Bonchev–Trinajstić information content (AvgIpc) is 2.92. The van der Waals surface area contributed by atoms with Crippen molar-refractivity contribution >= 4 is 46.7 Å². The summed E-state index contributed by atoms with van der Waals surface area (Å²) >= 11 is 0. The highest BCUT2D eigenvalue weighted by Crippen LogP contribution is 2.30. The van der Waals surface area contributed by atoms with Gasteiger partial charge in [-0.15, -0.1) is 5.11 Å². The Morgan fingerprint density at radius 3 is 1.69 bits per heavy atom. The fraction of sp³-hybridized carbons (Fsp3) is 0. The van der Waals surface area contributed by atoms with Gasteiger partial charge in [-0.1, -0.05) is 78.9 Å². The fourth-order valence-electron chi connectivity index (χ4n) is 3.24. The highest BCUT2D eigenvalue weighted by molar-refractivity contribution is 6.05. The Bertz CT molecular complexity index is 1400. The quantitative estimate of drug-likeness (QED) is 0.207. The van der Waals surface area contributed by atoms with Crippen molar-refractivity contribution in [3.8, 4) is 0 Å². The number of carbonyl (C=O) groups is 2. The molecule has 0 fully saturated rings. The molecule has 6 heteroatoms. The summed E-state index contributed by atoms with van der Waals surface area (Å²) in [6, 6.07) is 33.4. The van der Waals surface area contributed by atoms with E-state index in [0.29, 0.717) is 22.7 Å². The van der Waals surface area contributed by atoms with Gasteiger partial charge in [0.1, 0.15) is 5.69 Å². The van der Waals surface area contributed by atoms with Crippen molar-refractivity contribution in [1.82, 2.24) is 0 Å². The van der Waals surface area contributed by atoms with Gasteiger partial charge in [0.15, 0.2) is 0 Å². The summed E-state index contributed by atoms with van der Waals surface area (Å²) in [5.74, 6) is -0.624. The van der Waals surface area contributed by atoms with Gasteiger partial charge in [-0.25, -0.2) is 0 Å². The standard InChI is InChI=1S/C30H24N4O2/c35-29(20-16-23-10-4-1-5-11-23)31-26-18-19-27(34-33-25-14-8-3-9-15-25)28(22-26)32-30(36)21-17-24-12-6-2-7-13-24/h1-22H,(H,31,35)(H,32,36). The van der Waals surface area contributed by atoms with Crippen LogP contribution in [0.2, 0.25) is 0 Å². The van der Waals surface area contributed by atoms with Gasteiger partial charge >= 0.3 is 0 Å². The van der Waals surface area contributed by atoms with Crippen molar-refractivity contribution in [2.45, 2.75) is 0 Å². The molecule has 4 rings (SSSR count). The molecule has 176 valence electrons. The van der Waals surface area contributed by atoms with E-state index in [1.807, 2.05) is 91.0 Å². The lowest BCUT2D eigenvalue weighted by Crippen LogP contribution is -2.10. The fourth-order valence-corrected chi connectivity index (χ4v) is 3.24. The smallest absolute Gasteiger partial charge is 0.248 e. The number of azo groups is 1. The van der Waals surface area contributed by atoms with E-state index >= 15 is 0 Å². The number of anilines is 2. The first kappa shape index (κ1) is 24.0. The highest BCUT2D eigenvalue weighted by atomic mass is 16.2. The second-order valence-corrected chi connectivity index (χ2v) is 7.73. The van der Waals surface area contributed by atoms with Crippen LogP contribution in [0.15, 0.2) is 132 Å². The van der Waals surface area contributed by atoms with Crippen LogP contribution >= 0.6 is 0 Å². The van der Waals surface area contributed by atoms with E-state index < -0.39 is 0 Å². The molecule has 4 aromatic rings. The van der Waals surface area contributed by atoms with Gasteiger partial charge in [0, 0.05) is 17.8 Å². The molecule has 6 nitrogen and oxygen atoms in total. The van der Waals surface area contributed by atoms with Crippen LogP contribution < -0.4 is 10.6 Å². The average molecular weight is 473 g/mol. The van der Waals surface area contributed by atoms with Crippen LogP contribution in [-0.4, -0.2) is 11.8 Å². The van der Waals surface area contributed by atoms with E-state index in [-0.39, 0.29) is 11.8 Å². The zero-order chi connectivity index (χ0) is 25.0. The Kier molecular flexibility index (Phi) is 8.27. The normalized spacial score (nSPS) is 11.2. The number of carbonyl (C=O) groups excluding carboxylic acids is 2. The second kappa shape index (κ2) is 12.4. The maximum Gasteiger partial charge on any atom is 0.248 e. The molecule has 2 N–H and O–H groups in total. The van der Waals surface area contributed by atoms with E-state index in [4.69, 9.17) is 0 Å². The number of rotatable bonds is 8. The number of hydrogen-bond donors (Lipinski definition) is 2. The monoisotopic (exact) mass is 472 g/mol. The zero-order valence-corrected chi connectivity index (χ0v) is 19.4. The molecule has 0 spiro atoms. The molecule has 0 aliphatic heterocycles. The van der Waals surface area contributed by atoms with Crippen LogP contribution in [0.4, 0.5) is 22.7 Å². The van der Waals surface area contributed by atoms with Gasteiger partial charge < -0.3 is 10.6 Å². The molecule has 0 aromatic heterocycles. The predicted octanol–water partition coefficient (Wildman–Crippen LogP) is 7.41. The SMILES string of the molecule is O=C(C=Cc1ccccc1)Nc1ccc(N=Nc2ccccc2)c(NC(=O)C=Cc2ccccc2)c1. The lowest BCUT2D eigenvalue weighted by molar-refractivity contribution is -0.112. The lowest BCUT2D eigenvalue weighted by Gasteiger charge is -2.09. The molecular weight excluding hydrogens is 448 g/mol. The predicted molar refractivity (Wildman–Crippen MR) is 145 cm³/mol. The van der Waals surface area contributed by atoms with E-state index in [0.717, 1.165) is 11.1 Å². The Morgan fingerprint density at radius 1 is 0.583 bits per heavy atom. The molecule has 0 bridgehead atoms. The molecule has 0 heterocycles. The number of nitrogens with one attached hydrogen (secondary N) is 2. The number of benzene rings is 4. The Labute approximate surface area is 209 Å². The zero-order valence-electron chi connectivity index (χ0n) is 19.4. The van der Waals surface area contributed by atoms with Crippen molar-refractivity contribution in [2.75, 3.05) is 10.6 Å². The van der Waals surface area contributed by atoms with Gasteiger partial charge in [-0.3, -0.25) is 9.59 Å². The van der Waals surface area contributed by atoms with Crippen molar-refractivity contribution in [3.05, 3.63) is 132 Å². The molecule has 0 saturated heterocycles. The summed E-state index contributed by atoms with van der Waals surface area (Å²) in [4.78, 5) is 25.1. The van der Waals surface area contributed by atoms with E-state index in [1.165, 1.54) is 12.2 Å². The minimum absolute atomic E-state index is 0.293. The second-order valence-electron chi connectivity index (χ2n) is 7.73. The van der Waals surface area contributed by atoms with Crippen molar-refractivity contribution in [2.24, 2.45) is 10.2 Å². The third-order valence-electron chi connectivity index (χ3n) is 5.00. The van der Waals surface area contributed by atoms with Crippen LogP contribution in [0.3, 0.4) is 0 Å². The summed E-state index contributed by atoms with van der Waals surface area (Å²) < 4.78 is 0. The molecule has 0 aliphatic carbocycles. The summed E-state index contributed by atoms with van der Waals surface area (Å²) in [7, 11) is 0. The molecule has 0 atom stereocenters. The van der Waals surface area contributed by atoms with Crippen molar-refractivity contribution in [3.63, 3.8) is 0 Å². The van der Waals surface area contributed by atoms with Gasteiger partial charge in [-0.2, -0.15) is 5.11 Å². The third kappa shape index (κ3) is 7.46. The van der Waals surface area contributed by atoms with E-state index in [2.05, 4.69) is 20.9 Å². The third-order valence-corrected chi connectivity index (χ3v) is 5.00. The Balaban J connectivity index is 1.53. The van der Waals surface area contributed by atoms with Gasteiger partial charge in [-0.05, 0) is 53.6 Å². The van der Waals surface area contributed by atoms with E-state index in [1.54, 1.807) is 30.4 Å². The van der Waals surface area contributed by atoms with Crippen LogP contribution in [0.5, 0.6) is 0 Å². The minimum Gasteiger partial charge on any atom is -0.322 e. The molecule has 0 saturated carbocycles. The molecule has 0 radical (unpaired) electrons. The number of hydrogen-bond acceptors (Lipinski definition) is 4. The Hall–Kier alpha value is -5.10. The van der Waals surface area contributed by atoms with Crippen LogP contribution in [0.25, 0.3) is 12.2 Å².